The molecule has 1 aromatic heterocycles. The minimum absolute atomic E-state index is 0.187. The number of nitrogens with zero attached hydrogens (tertiary/aromatic N) is 3. The summed E-state index contributed by atoms with van der Waals surface area (Å²) in [6.45, 7) is 1.79. The first kappa shape index (κ1) is 21.6. The Morgan fingerprint density at radius 2 is 1.47 bits per heavy atom. The maximum atomic E-state index is 13.6. The molecular weight excluding hydrogens is 446 g/mol. The second-order valence-electron chi connectivity index (χ2n) is 7.68. The molecule has 1 aliphatic rings. The van der Waals surface area contributed by atoms with Gasteiger partial charge in [0.25, 0.3) is 11.5 Å². The SMILES string of the molecule is COc1ccc(/C=c2\s/c(=C3\C(=O)N(c4ccccc4)N=C3C)n(-c3ccccc3)c2=O)cc1. The maximum Gasteiger partial charge on any atom is 0.283 e. The third-order valence-electron chi connectivity index (χ3n) is 5.48. The van der Waals surface area contributed by atoms with E-state index >= 15 is 0 Å². The van der Waals surface area contributed by atoms with Gasteiger partial charge >= 0.3 is 0 Å². The Labute approximate surface area is 200 Å². The van der Waals surface area contributed by atoms with Crippen LogP contribution in [-0.4, -0.2) is 23.3 Å². The molecule has 1 amide bonds. The van der Waals surface area contributed by atoms with E-state index in [9.17, 15) is 9.59 Å². The van der Waals surface area contributed by atoms with Crippen LogP contribution in [0.4, 0.5) is 5.69 Å². The summed E-state index contributed by atoms with van der Waals surface area (Å²) in [5, 5.41) is 5.89. The summed E-state index contributed by atoms with van der Waals surface area (Å²) in [6.07, 6.45) is 1.83. The summed E-state index contributed by atoms with van der Waals surface area (Å²) in [6, 6.07) is 26.1. The zero-order chi connectivity index (χ0) is 23.7. The van der Waals surface area contributed by atoms with Crippen molar-refractivity contribution in [1.29, 1.82) is 0 Å². The van der Waals surface area contributed by atoms with Crippen LogP contribution in [0.25, 0.3) is 17.3 Å². The van der Waals surface area contributed by atoms with E-state index in [0.29, 0.717) is 31.9 Å². The van der Waals surface area contributed by atoms with Gasteiger partial charge in [0.05, 0.1) is 34.3 Å². The van der Waals surface area contributed by atoms with E-state index in [4.69, 9.17) is 4.74 Å². The van der Waals surface area contributed by atoms with Gasteiger partial charge in [-0.05, 0) is 55.0 Å². The molecule has 0 aliphatic carbocycles. The van der Waals surface area contributed by atoms with Gasteiger partial charge in [-0.3, -0.25) is 14.2 Å². The standard InChI is InChI=1S/C27H21N3O3S/c1-18-24(26(32)30(28-18)21-11-7-4-8-12-21)27-29(20-9-5-3-6-10-20)25(31)23(34-27)17-19-13-15-22(33-2)16-14-19/h3-17H,1-2H3/b23-17-,27-24-. The van der Waals surface area contributed by atoms with E-state index in [1.165, 1.54) is 16.3 Å². The number of amides is 1. The van der Waals surface area contributed by atoms with Gasteiger partial charge in [-0.25, -0.2) is 0 Å². The first-order valence-corrected chi connectivity index (χ1v) is 11.5. The number of para-hydroxylation sites is 2. The zero-order valence-corrected chi connectivity index (χ0v) is 19.5. The highest BCUT2D eigenvalue weighted by Crippen LogP contribution is 2.23. The lowest BCUT2D eigenvalue weighted by Gasteiger charge is -2.11. The fraction of sp³-hybridized carbons (Fsp3) is 0.0741. The Morgan fingerprint density at radius 1 is 0.853 bits per heavy atom. The molecule has 34 heavy (non-hydrogen) atoms. The van der Waals surface area contributed by atoms with Gasteiger partial charge in [0.2, 0.25) is 0 Å². The fourth-order valence-electron chi connectivity index (χ4n) is 3.81. The quantitative estimate of drug-likeness (QED) is 0.463. The molecule has 0 bridgehead atoms. The molecule has 0 saturated heterocycles. The molecule has 0 N–H and O–H groups in total. The fourth-order valence-corrected chi connectivity index (χ4v) is 5.01. The average Bonchev–Trinajstić information content (AvgIpc) is 3.35. The lowest BCUT2D eigenvalue weighted by molar-refractivity contribution is -0.112. The predicted molar refractivity (Wildman–Crippen MR) is 136 cm³/mol. The van der Waals surface area contributed by atoms with Crippen molar-refractivity contribution in [2.45, 2.75) is 6.92 Å². The number of rotatable bonds is 4. The van der Waals surface area contributed by atoms with E-state index in [1.807, 2.05) is 91.0 Å². The molecule has 3 aromatic carbocycles. The molecule has 6 nitrogen and oxygen atoms in total. The molecular formula is C27H21N3O3S. The van der Waals surface area contributed by atoms with Crippen molar-refractivity contribution in [3.05, 3.63) is 110 Å². The predicted octanol–water partition coefficient (Wildman–Crippen LogP) is 3.31. The van der Waals surface area contributed by atoms with Crippen LogP contribution < -0.4 is 24.5 Å². The number of methoxy groups -OCH3 is 1. The summed E-state index contributed by atoms with van der Waals surface area (Å²) >= 11 is 1.29. The highest BCUT2D eigenvalue weighted by Gasteiger charge is 2.31. The monoisotopic (exact) mass is 467 g/mol. The van der Waals surface area contributed by atoms with E-state index < -0.39 is 0 Å². The molecule has 168 valence electrons. The molecule has 0 radical (unpaired) electrons. The highest BCUT2D eigenvalue weighted by molar-refractivity contribution is 7.08. The molecule has 0 saturated carbocycles. The third kappa shape index (κ3) is 3.86. The van der Waals surface area contributed by atoms with Gasteiger partial charge < -0.3 is 4.74 Å². The highest BCUT2D eigenvalue weighted by atomic mass is 32.1. The summed E-state index contributed by atoms with van der Waals surface area (Å²) in [5.41, 5.74) is 3.04. The Morgan fingerprint density at radius 3 is 2.09 bits per heavy atom. The summed E-state index contributed by atoms with van der Waals surface area (Å²) < 4.78 is 7.90. The van der Waals surface area contributed by atoms with Crippen molar-refractivity contribution in [2.24, 2.45) is 5.10 Å². The minimum atomic E-state index is -0.259. The van der Waals surface area contributed by atoms with Crippen LogP contribution >= 0.6 is 11.3 Å². The van der Waals surface area contributed by atoms with Gasteiger partial charge in [0, 0.05) is 0 Å². The molecule has 4 aromatic rings. The van der Waals surface area contributed by atoms with Gasteiger partial charge in [-0.1, -0.05) is 48.5 Å². The van der Waals surface area contributed by atoms with Crippen LogP contribution in [0, 0.1) is 0 Å². The van der Waals surface area contributed by atoms with Crippen LogP contribution in [0.2, 0.25) is 0 Å². The van der Waals surface area contributed by atoms with Crippen LogP contribution in [-0.2, 0) is 4.79 Å². The number of carbonyl (C=O) groups is 1. The van der Waals surface area contributed by atoms with Crippen LogP contribution in [0.1, 0.15) is 12.5 Å². The Balaban J connectivity index is 1.75. The average molecular weight is 468 g/mol. The lowest BCUT2D eigenvalue weighted by atomic mass is 10.2. The van der Waals surface area contributed by atoms with Crippen molar-refractivity contribution < 1.29 is 9.53 Å². The number of aromatic nitrogens is 1. The Kier molecular flexibility index (Phi) is 5.69. The van der Waals surface area contributed by atoms with Crippen LogP contribution in [0.5, 0.6) is 5.75 Å². The molecule has 7 heteroatoms. The number of ether oxygens (including phenoxy) is 1. The summed E-state index contributed by atoms with van der Waals surface area (Å²) in [7, 11) is 1.61. The second-order valence-corrected chi connectivity index (χ2v) is 8.71. The van der Waals surface area contributed by atoms with Gasteiger partial charge in [-0.2, -0.15) is 10.1 Å². The van der Waals surface area contributed by atoms with Gasteiger partial charge in [0.1, 0.15) is 10.4 Å². The number of thiazole rings is 1. The molecule has 1 aliphatic heterocycles. The van der Waals surface area contributed by atoms with E-state index in [-0.39, 0.29) is 11.5 Å². The lowest BCUT2D eigenvalue weighted by Crippen LogP contribution is -2.33. The number of benzene rings is 3. The van der Waals surface area contributed by atoms with E-state index in [2.05, 4.69) is 5.10 Å². The van der Waals surface area contributed by atoms with Crippen molar-refractivity contribution in [1.82, 2.24) is 4.57 Å². The van der Waals surface area contributed by atoms with Gasteiger partial charge in [-0.15, -0.1) is 11.3 Å². The van der Waals surface area contributed by atoms with Crippen molar-refractivity contribution in [3.8, 4) is 11.4 Å². The largest absolute Gasteiger partial charge is 0.497 e. The summed E-state index contributed by atoms with van der Waals surface area (Å²) in [4.78, 5) is 27.1. The number of hydrogen-bond donors (Lipinski definition) is 0. The number of hydrogen-bond acceptors (Lipinski definition) is 5. The first-order valence-electron chi connectivity index (χ1n) is 10.7. The van der Waals surface area contributed by atoms with E-state index in [1.54, 1.807) is 18.6 Å². The smallest absolute Gasteiger partial charge is 0.283 e. The second kappa shape index (κ2) is 8.96. The third-order valence-corrected chi connectivity index (χ3v) is 6.58. The molecule has 0 fully saturated rings. The normalized spacial score (nSPS) is 15.6. The zero-order valence-electron chi connectivity index (χ0n) is 18.6. The van der Waals surface area contributed by atoms with E-state index in [0.717, 1.165) is 11.3 Å². The number of hydrazone groups is 1. The van der Waals surface area contributed by atoms with Crippen molar-refractivity contribution in [3.63, 3.8) is 0 Å². The molecule has 2 heterocycles. The first-order chi connectivity index (χ1) is 16.6. The Hall–Kier alpha value is -4.23. The van der Waals surface area contributed by atoms with Crippen LogP contribution in [0.3, 0.4) is 0 Å². The molecule has 0 unspecified atom stereocenters. The minimum Gasteiger partial charge on any atom is -0.497 e. The van der Waals surface area contributed by atoms with Crippen molar-refractivity contribution >= 4 is 40.3 Å². The van der Waals surface area contributed by atoms with Gasteiger partial charge in [0.15, 0.2) is 0 Å². The molecule has 0 spiro atoms. The van der Waals surface area contributed by atoms with Crippen molar-refractivity contribution in [2.75, 3.05) is 12.1 Å². The maximum absolute atomic E-state index is 13.6. The molecule has 0 atom stereocenters. The topological polar surface area (TPSA) is 63.9 Å². The van der Waals surface area contributed by atoms with Crippen LogP contribution in [0.15, 0.2) is 94.8 Å². The number of carbonyl (C=O) groups excluding carboxylic acids is 1. The Bertz CT molecular complexity index is 1570. The summed E-state index contributed by atoms with van der Waals surface area (Å²) in [5.74, 6) is 0.483. The molecule has 5 rings (SSSR count). The number of anilines is 1.